The highest BCUT2D eigenvalue weighted by atomic mass is 32.2. The van der Waals surface area contributed by atoms with Crippen molar-refractivity contribution in [1.29, 1.82) is 0 Å². The van der Waals surface area contributed by atoms with Crippen molar-refractivity contribution >= 4 is 21.7 Å². The molecule has 118 valence electrons. The number of nitrogen functional groups attached to an aromatic ring is 1. The molecule has 0 aromatic heterocycles. The van der Waals surface area contributed by atoms with Gasteiger partial charge in [-0.3, -0.25) is 0 Å². The highest BCUT2D eigenvalue weighted by Crippen LogP contribution is 2.24. The highest BCUT2D eigenvalue weighted by Gasteiger charge is 2.41. The molecule has 0 aliphatic heterocycles. The minimum atomic E-state index is -4.72. The lowest BCUT2D eigenvalue weighted by atomic mass is 10.2. The molecule has 0 unspecified atom stereocenters. The molecule has 0 fully saturated rings. The third kappa shape index (κ3) is 4.04. The molecule has 0 saturated heterocycles. The summed E-state index contributed by atoms with van der Waals surface area (Å²) in [6.07, 6.45) is -4.06. The Balaban J connectivity index is 3.12. The molecule has 0 amide bonds. The summed E-state index contributed by atoms with van der Waals surface area (Å²) >= 11 is 0. The maximum absolute atomic E-state index is 12.7. The van der Waals surface area contributed by atoms with Crippen LogP contribution in [0.4, 0.5) is 23.2 Å². The molecule has 0 heterocycles. The van der Waals surface area contributed by atoms with Gasteiger partial charge in [0.2, 0.25) is 10.0 Å². The highest BCUT2D eigenvalue weighted by molar-refractivity contribution is 7.89. The number of carboxylic acid groups (broad SMARTS) is 1. The van der Waals surface area contributed by atoms with Crippen LogP contribution >= 0.6 is 0 Å². The molecular formula is C10H10F4N2O4S. The Morgan fingerprint density at radius 2 is 1.95 bits per heavy atom. The molecule has 11 heteroatoms. The van der Waals surface area contributed by atoms with Gasteiger partial charge in [-0.1, -0.05) is 0 Å². The number of anilines is 1. The van der Waals surface area contributed by atoms with E-state index in [1.54, 1.807) is 0 Å². The lowest BCUT2D eigenvalue weighted by molar-refractivity contribution is -0.122. The summed E-state index contributed by atoms with van der Waals surface area (Å²) in [5.41, 5.74) is 4.47. The van der Waals surface area contributed by atoms with Crippen molar-refractivity contribution in [1.82, 2.24) is 4.72 Å². The van der Waals surface area contributed by atoms with E-state index in [-0.39, 0.29) is 5.69 Å². The number of nitrogens with two attached hydrogens (primary N) is 1. The van der Waals surface area contributed by atoms with Crippen LogP contribution in [-0.4, -0.2) is 38.4 Å². The number of carbonyl (C=O) groups is 1. The second kappa shape index (κ2) is 5.85. The first-order valence-corrected chi connectivity index (χ1v) is 6.74. The number of hydrogen-bond acceptors (Lipinski definition) is 4. The number of benzene rings is 1. The fraction of sp³-hybridized carbons (Fsp3) is 0.300. The molecule has 1 aromatic carbocycles. The molecule has 1 rings (SSSR count). The van der Waals surface area contributed by atoms with Crippen molar-refractivity contribution in [3.8, 4) is 0 Å². The molecule has 0 bridgehead atoms. The molecule has 21 heavy (non-hydrogen) atoms. The first-order valence-electron chi connectivity index (χ1n) is 5.26. The third-order valence-electron chi connectivity index (χ3n) is 2.34. The summed E-state index contributed by atoms with van der Waals surface area (Å²) in [5.74, 6) is -6.24. The van der Waals surface area contributed by atoms with E-state index in [9.17, 15) is 30.8 Å². The second-order valence-corrected chi connectivity index (χ2v) is 5.68. The van der Waals surface area contributed by atoms with E-state index in [0.717, 1.165) is 18.2 Å². The minimum Gasteiger partial charge on any atom is -0.478 e. The largest absolute Gasteiger partial charge is 0.478 e. The number of aromatic carboxylic acids is 1. The van der Waals surface area contributed by atoms with Gasteiger partial charge in [0.1, 0.15) is 0 Å². The van der Waals surface area contributed by atoms with E-state index in [2.05, 4.69) is 0 Å². The molecule has 0 atom stereocenters. The van der Waals surface area contributed by atoms with Gasteiger partial charge in [-0.15, -0.1) is 0 Å². The maximum atomic E-state index is 12.7. The Morgan fingerprint density at radius 1 is 1.38 bits per heavy atom. The maximum Gasteiger partial charge on any atom is 0.337 e. The molecule has 1 aromatic rings. The summed E-state index contributed by atoms with van der Waals surface area (Å²) in [4.78, 5) is 10.1. The van der Waals surface area contributed by atoms with Crippen molar-refractivity contribution in [2.45, 2.75) is 17.2 Å². The van der Waals surface area contributed by atoms with Crippen LogP contribution in [0, 0.1) is 0 Å². The summed E-state index contributed by atoms with van der Waals surface area (Å²) in [6, 6.07) is 2.62. The SMILES string of the molecule is Nc1ccc(S(=O)(=O)NCC(F)(F)C(F)F)c(C(=O)O)c1. The monoisotopic (exact) mass is 330 g/mol. The van der Waals surface area contributed by atoms with Gasteiger partial charge in [0, 0.05) is 5.69 Å². The molecule has 0 aliphatic rings. The lowest BCUT2D eigenvalue weighted by Crippen LogP contribution is -2.41. The topological polar surface area (TPSA) is 109 Å². The predicted molar refractivity (Wildman–Crippen MR) is 64.0 cm³/mol. The lowest BCUT2D eigenvalue weighted by Gasteiger charge is -2.16. The van der Waals surface area contributed by atoms with Gasteiger partial charge in [-0.05, 0) is 18.2 Å². The quantitative estimate of drug-likeness (QED) is 0.535. The standard InChI is InChI=1S/C10H10F4N2O4S/c11-9(12)10(13,14)4-16-21(19,20)7-2-1-5(15)3-6(7)8(17)18/h1-3,9,16H,4,15H2,(H,17,18). The van der Waals surface area contributed by atoms with Crippen LogP contribution in [0.15, 0.2) is 23.1 Å². The van der Waals surface area contributed by atoms with Crippen molar-refractivity contribution in [3.63, 3.8) is 0 Å². The van der Waals surface area contributed by atoms with E-state index in [1.165, 1.54) is 4.72 Å². The zero-order chi connectivity index (χ0) is 16.4. The van der Waals surface area contributed by atoms with Crippen LogP contribution in [0.3, 0.4) is 0 Å². The third-order valence-corrected chi connectivity index (χ3v) is 3.80. The Kier molecular flexibility index (Phi) is 4.79. The number of halogens is 4. The zero-order valence-electron chi connectivity index (χ0n) is 10.2. The summed E-state index contributed by atoms with van der Waals surface area (Å²) in [5, 5.41) is 8.85. The Morgan fingerprint density at radius 3 is 2.43 bits per heavy atom. The Labute approximate surface area is 116 Å². The fourth-order valence-corrected chi connectivity index (χ4v) is 2.52. The van der Waals surface area contributed by atoms with Gasteiger partial charge in [0.25, 0.3) is 0 Å². The van der Waals surface area contributed by atoms with E-state index in [4.69, 9.17) is 10.8 Å². The second-order valence-electron chi connectivity index (χ2n) is 3.95. The van der Waals surface area contributed by atoms with E-state index < -0.39 is 45.3 Å². The smallest absolute Gasteiger partial charge is 0.337 e. The molecule has 0 saturated carbocycles. The van der Waals surface area contributed by atoms with Crippen LogP contribution in [0.1, 0.15) is 10.4 Å². The van der Waals surface area contributed by atoms with Crippen LogP contribution in [0.5, 0.6) is 0 Å². The normalized spacial score (nSPS) is 12.6. The molecule has 6 nitrogen and oxygen atoms in total. The summed E-state index contributed by atoms with van der Waals surface area (Å²) in [6.45, 7) is -1.86. The number of carboxylic acids is 1. The predicted octanol–water partition coefficient (Wildman–Crippen LogP) is 1.15. The van der Waals surface area contributed by atoms with Crippen molar-refractivity contribution < 1.29 is 35.9 Å². The van der Waals surface area contributed by atoms with Crippen LogP contribution in [0.25, 0.3) is 0 Å². The van der Waals surface area contributed by atoms with Crippen molar-refractivity contribution in [2.24, 2.45) is 0 Å². The molecule has 0 radical (unpaired) electrons. The van der Waals surface area contributed by atoms with Gasteiger partial charge in [-0.2, -0.15) is 8.78 Å². The van der Waals surface area contributed by atoms with E-state index in [0.29, 0.717) is 0 Å². The molecular weight excluding hydrogens is 320 g/mol. The molecule has 0 spiro atoms. The number of rotatable bonds is 6. The first-order chi connectivity index (χ1) is 9.47. The average molecular weight is 330 g/mol. The van der Waals surface area contributed by atoms with E-state index >= 15 is 0 Å². The Hall–Kier alpha value is -1.88. The van der Waals surface area contributed by atoms with Gasteiger partial charge in [0.05, 0.1) is 17.0 Å². The van der Waals surface area contributed by atoms with Gasteiger partial charge in [0.15, 0.2) is 0 Å². The summed E-state index contributed by atoms with van der Waals surface area (Å²) < 4.78 is 74.1. The van der Waals surface area contributed by atoms with Crippen molar-refractivity contribution in [3.05, 3.63) is 23.8 Å². The number of nitrogens with one attached hydrogen (secondary N) is 1. The van der Waals surface area contributed by atoms with Crippen molar-refractivity contribution in [2.75, 3.05) is 12.3 Å². The molecule has 0 aliphatic carbocycles. The van der Waals surface area contributed by atoms with Gasteiger partial charge < -0.3 is 10.8 Å². The first kappa shape index (κ1) is 17.2. The minimum absolute atomic E-state index is 0.0655. The van der Waals surface area contributed by atoms with Crippen LogP contribution < -0.4 is 10.5 Å². The van der Waals surface area contributed by atoms with Gasteiger partial charge in [-0.25, -0.2) is 26.7 Å². The average Bonchev–Trinajstić information content (AvgIpc) is 2.36. The Bertz CT molecular complexity index is 648. The number of hydrogen-bond donors (Lipinski definition) is 3. The summed E-state index contributed by atoms with van der Waals surface area (Å²) in [7, 11) is -4.72. The number of sulfonamides is 1. The van der Waals surface area contributed by atoms with Crippen LogP contribution in [0.2, 0.25) is 0 Å². The molecule has 4 N–H and O–H groups in total. The van der Waals surface area contributed by atoms with E-state index in [1.807, 2.05) is 0 Å². The van der Waals surface area contributed by atoms with Gasteiger partial charge >= 0.3 is 18.3 Å². The zero-order valence-corrected chi connectivity index (χ0v) is 11.0. The van der Waals surface area contributed by atoms with Crippen LogP contribution in [-0.2, 0) is 10.0 Å². The fourth-order valence-electron chi connectivity index (χ4n) is 1.30. The number of alkyl halides is 4.